The maximum atomic E-state index is 12.4. The fourth-order valence-corrected chi connectivity index (χ4v) is 0.585. The number of benzene rings is 1. The van der Waals surface area contributed by atoms with E-state index in [4.69, 9.17) is 1.37 Å². The second kappa shape index (κ2) is 2.56. The Bertz CT molecular complexity index is 299. The summed E-state index contributed by atoms with van der Waals surface area (Å²) in [4.78, 5) is 10.1. The Morgan fingerprint density at radius 3 is 2.70 bits per heavy atom. The zero-order valence-corrected chi connectivity index (χ0v) is 4.90. The molecule has 0 saturated heterocycles. The summed E-state index contributed by atoms with van der Waals surface area (Å²) in [5.41, 5.74) is -0.275. The van der Waals surface area contributed by atoms with Crippen LogP contribution in [0.5, 0.6) is 0 Å². The number of hydrogen-bond acceptors (Lipinski definition) is 1. The molecule has 0 aliphatic carbocycles. The van der Waals surface area contributed by atoms with Crippen molar-refractivity contribution in [1.82, 2.24) is 0 Å². The van der Waals surface area contributed by atoms with Gasteiger partial charge in [0.15, 0.2) is 0 Å². The van der Waals surface area contributed by atoms with Crippen LogP contribution in [0.1, 0.15) is 11.7 Å². The molecular formula is C7H4F2O. The van der Waals surface area contributed by atoms with Crippen LogP contribution in [0.2, 0.25) is 0 Å². The van der Waals surface area contributed by atoms with E-state index in [0.717, 1.165) is 6.07 Å². The lowest BCUT2D eigenvalue weighted by atomic mass is 10.2. The highest BCUT2D eigenvalue weighted by molar-refractivity contribution is 5.74. The van der Waals surface area contributed by atoms with Gasteiger partial charge in [0.05, 0.1) is 1.37 Å². The summed E-state index contributed by atoms with van der Waals surface area (Å²) in [5.74, 6) is -1.87. The van der Waals surface area contributed by atoms with Crippen LogP contribution in [-0.4, -0.2) is 6.29 Å². The molecule has 0 heterocycles. The molecule has 1 rings (SSSR count). The van der Waals surface area contributed by atoms with E-state index in [9.17, 15) is 13.6 Å². The number of hydrogen-bond donors (Lipinski definition) is 0. The average Bonchev–Trinajstić information content (AvgIpc) is 1.96. The van der Waals surface area contributed by atoms with Crippen LogP contribution in [0.25, 0.3) is 0 Å². The second-order valence-electron chi connectivity index (χ2n) is 1.72. The molecule has 0 N–H and O–H groups in total. The van der Waals surface area contributed by atoms with Gasteiger partial charge in [-0.2, -0.15) is 0 Å². The van der Waals surface area contributed by atoms with Crippen LogP contribution in [0.3, 0.4) is 0 Å². The summed E-state index contributed by atoms with van der Waals surface area (Å²) in [5, 5.41) is 0. The molecule has 0 bridgehead atoms. The summed E-state index contributed by atoms with van der Waals surface area (Å²) < 4.78 is 31.7. The maximum absolute atomic E-state index is 12.4. The van der Waals surface area contributed by atoms with E-state index in [2.05, 4.69) is 0 Å². The Morgan fingerprint density at radius 2 is 2.10 bits per heavy atom. The van der Waals surface area contributed by atoms with Crippen molar-refractivity contribution in [3.63, 3.8) is 0 Å². The predicted molar refractivity (Wildman–Crippen MR) is 31.7 cm³/mol. The van der Waals surface area contributed by atoms with Crippen LogP contribution >= 0.6 is 0 Å². The third-order valence-corrected chi connectivity index (χ3v) is 0.949. The monoisotopic (exact) mass is 143 g/mol. The fraction of sp³-hybridized carbons (Fsp3) is 0. The molecule has 0 fully saturated rings. The topological polar surface area (TPSA) is 17.1 Å². The lowest BCUT2D eigenvalue weighted by molar-refractivity contribution is 0.112. The zero-order valence-electron chi connectivity index (χ0n) is 5.90. The standard InChI is InChI=1S/C7H4F2O/c8-6-1-5(4-10)2-7(9)3-6/h1-4H/i1D. The first-order valence-electron chi connectivity index (χ1n) is 3.06. The molecule has 0 spiro atoms. The molecule has 0 aliphatic heterocycles. The lowest BCUT2D eigenvalue weighted by Crippen LogP contribution is -1.84. The normalized spacial score (nSPS) is 10.8. The van der Waals surface area contributed by atoms with Gasteiger partial charge >= 0.3 is 0 Å². The number of carbonyl (C=O) groups excluding carboxylic acids is 1. The van der Waals surface area contributed by atoms with E-state index in [1.54, 1.807) is 0 Å². The average molecular weight is 143 g/mol. The molecule has 0 saturated carbocycles. The van der Waals surface area contributed by atoms with E-state index in [1.165, 1.54) is 0 Å². The summed E-state index contributed by atoms with van der Waals surface area (Å²) in [6.45, 7) is 0. The fourth-order valence-electron chi connectivity index (χ4n) is 0.585. The number of halogens is 2. The Labute approximate surface area is 57.7 Å². The molecule has 3 heteroatoms. The Kier molecular flexibility index (Phi) is 1.41. The molecule has 0 aromatic heterocycles. The van der Waals surface area contributed by atoms with Gasteiger partial charge < -0.3 is 0 Å². The minimum atomic E-state index is -1.02. The molecule has 0 atom stereocenters. The van der Waals surface area contributed by atoms with Crippen molar-refractivity contribution < 1.29 is 14.9 Å². The van der Waals surface area contributed by atoms with Crippen molar-refractivity contribution in [1.29, 1.82) is 0 Å². The molecule has 0 unspecified atom stereocenters. The van der Waals surface area contributed by atoms with Crippen molar-refractivity contribution in [2.24, 2.45) is 0 Å². The second-order valence-corrected chi connectivity index (χ2v) is 1.72. The minimum Gasteiger partial charge on any atom is -0.298 e. The van der Waals surface area contributed by atoms with Crippen LogP contribution in [0.15, 0.2) is 18.2 Å². The van der Waals surface area contributed by atoms with E-state index in [1.807, 2.05) is 0 Å². The van der Waals surface area contributed by atoms with E-state index < -0.39 is 17.7 Å². The zero-order chi connectivity index (χ0) is 8.43. The van der Waals surface area contributed by atoms with Crippen LogP contribution in [0.4, 0.5) is 8.78 Å². The first-order chi connectivity index (χ1) is 5.15. The highest BCUT2D eigenvalue weighted by Crippen LogP contribution is 2.04. The summed E-state index contributed by atoms with van der Waals surface area (Å²) in [7, 11) is 0. The minimum absolute atomic E-state index is 0.245. The van der Waals surface area contributed by atoms with Crippen molar-refractivity contribution in [3.05, 3.63) is 35.4 Å². The quantitative estimate of drug-likeness (QED) is 0.547. The molecule has 52 valence electrons. The van der Waals surface area contributed by atoms with Gasteiger partial charge in [0.1, 0.15) is 17.9 Å². The van der Waals surface area contributed by atoms with Crippen molar-refractivity contribution in [2.45, 2.75) is 0 Å². The van der Waals surface area contributed by atoms with Crippen molar-refractivity contribution >= 4 is 6.29 Å². The molecule has 0 aliphatic rings. The van der Waals surface area contributed by atoms with Gasteiger partial charge in [0.25, 0.3) is 0 Å². The SMILES string of the molecule is [2H]c1c(F)cc(F)cc1C=O. The third-order valence-electron chi connectivity index (χ3n) is 0.949. The lowest BCUT2D eigenvalue weighted by Gasteiger charge is -1.90. The number of carbonyl (C=O) groups is 1. The van der Waals surface area contributed by atoms with E-state index in [-0.39, 0.29) is 11.8 Å². The van der Waals surface area contributed by atoms with Gasteiger partial charge in [-0.25, -0.2) is 8.78 Å². The van der Waals surface area contributed by atoms with E-state index >= 15 is 0 Å². The molecule has 1 nitrogen and oxygen atoms in total. The van der Waals surface area contributed by atoms with Gasteiger partial charge in [0, 0.05) is 11.6 Å². The van der Waals surface area contributed by atoms with Crippen molar-refractivity contribution in [3.8, 4) is 0 Å². The summed E-state index contributed by atoms with van der Waals surface area (Å²) >= 11 is 0. The summed E-state index contributed by atoms with van der Waals surface area (Å²) in [6.07, 6.45) is 0.245. The molecule has 1 aromatic rings. The summed E-state index contributed by atoms with van der Waals surface area (Å²) in [6, 6.07) is 0.815. The van der Waals surface area contributed by atoms with Gasteiger partial charge in [-0.1, -0.05) is 0 Å². The van der Waals surface area contributed by atoms with Gasteiger partial charge in [0.2, 0.25) is 0 Å². The molecule has 0 radical (unpaired) electrons. The molecular weight excluding hydrogens is 138 g/mol. The highest BCUT2D eigenvalue weighted by Gasteiger charge is 1.97. The largest absolute Gasteiger partial charge is 0.298 e. The van der Waals surface area contributed by atoms with Crippen LogP contribution < -0.4 is 0 Å². The van der Waals surface area contributed by atoms with E-state index in [0.29, 0.717) is 6.07 Å². The molecule has 0 amide bonds. The van der Waals surface area contributed by atoms with Gasteiger partial charge in [-0.15, -0.1) is 0 Å². The molecule has 1 aromatic carbocycles. The Hall–Kier alpha value is -1.25. The third kappa shape index (κ3) is 1.37. The first-order valence-corrected chi connectivity index (χ1v) is 2.56. The maximum Gasteiger partial charge on any atom is 0.150 e. The van der Waals surface area contributed by atoms with Gasteiger partial charge in [-0.05, 0) is 12.1 Å². The van der Waals surface area contributed by atoms with Crippen LogP contribution in [-0.2, 0) is 0 Å². The first kappa shape index (κ1) is 5.53. The number of rotatable bonds is 1. The van der Waals surface area contributed by atoms with Gasteiger partial charge in [-0.3, -0.25) is 4.79 Å². The number of aldehydes is 1. The Balaban J connectivity index is 3.35. The predicted octanol–water partition coefficient (Wildman–Crippen LogP) is 1.78. The van der Waals surface area contributed by atoms with Crippen LogP contribution in [0, 0.1) is 11.6 Å². The molecule has 10 heavy (non-hydrogen) atoms. The van der Waals surface area contributed by atoms with Crippen molar-refractivity contribution in [2.75, 3.05) is 0 Å². The Morgan fingerprint density at radius 1 is 1.40 bits per heavy atom. The highest BCUT2D eigenvalue weighted by atomic mass is 19.1. The smallest absolute Gasteiger partial charge is 0.150 e.